The van der Waals surface area contributed by atoms with Crippen molar-refractivity contribution in [3.05, 3.63) is 0 Å². The van der Waals surface area contributed by atoms with Gasteiger partial charge in [-0.3, -0.25) is 4.79 Å². The predicted molar refractivity (Wildman–Crippen MR) is 36.4 cm³/mol. The Hall–Kier alpha value is -1.06. The van der Waals surface area contributed by atoms with E-state index in [9.17, 15) is 4.79 Å². The van der Waals surface area contributed by atoms with Gasteiger partial charge in [-0.15, -0.1) is 0 Å². The Labute approximate surface area is 59.2 Å². The lowest BCUT2D eigenvalue weighted by Gasteiger charge is -1.98. The second kappa shape index (κ2) is 3.20. The fraction of sp³-hybridized carbons (Fsp3) is 0.667. The number of amides is 1. The third kappa shape index (κ3) is 1.72. The zero-order valence-corrected chi connectivity index (χ0v) is 5.83. The Morgan fingerprint density at radius 2 is 2.50 bits per heavy atom. The molecular formula is C6H10N2O2. The van der Waals surface area contributed by atoms with Gasteiger partial charge in [0.1, 0.15) is 7.11 Å². The van der Waals surface area contributed by atoms with Crippen LogP contribution < -0.4 is 5.32 Å². The third-order valence-corrected chi connectivity index (χ3v) is 1.36. The van der Waals surface area contributed by atoms with Gasteiger partial charge >= 0.3 is 0 Å². The van der Waals surface area contributed by atoms with Crippen molar-refractivity contribution in [1.82, 2.24) is 5.32 Å². The number of rotatable bonds is 3. The van der Waals surface area contributed by atoms with E-state index in [-0.39, 0.29) is 0 Å². The van der Waals surface area contributed by atoms with Crippen molar-refractivity contribution < 1.29 is 9.63 Å². The zero-order valence-electron chi connectivity index (χ0n) is 5.83. The molecule has 0 aromatic carbocycles. The van der Waals surface area contributed by atoms with Gasteiger partial charge in [-0.05, 0) is 12.8 Å². The molecule has 4 heteroatoms. The van der Waals surface area contributed by atoms with Crippen LogP contribution in [-0.2, 0) is 9.63 Å². The van der Waals surface area contributed by atoms with E-state index in [2.05, 4.69) is 15.3 Å². The van der Waals surface area contributed by atoms with E-state index in [0.717, 1.165) is 12.8 Å². The summed E-state index contributed by atoms with van der Waals surface area (Å²) in [6.07, 6.45) is 2.82. The van der Waals surface area contributed by atoms with Gasteiger partial charge in [-0.1, -0.05) is 5.16 Å². The van der Waals surface area contributed by atoms with Crippen molar-refractivity contribution >= 4 is 12.2 Å². The van der Waals surface area contributed by atoms with Crippen molar-refractivity contribution in [3.63, 3.8) is 0 Å². The molecule has 1 fully saturated rings. The van der Waals surface area contributed by atoms with Gasteiger partial charge in [0.2, 0.25) is 6.41 Å². The second-order valence-corrected chi connectivity index (χ2v) is 2.20. The molecule has 0 atom stereocenters. The number of carbonyl (C=O) groups is 1. The quantitative estimate of drug-likeness (QED) is 0.263. The standard InChI is InChI=1S/C6H10N2O2/c1-10-8-6(7-4-9)5-2-3-5/h4-5H,2-3H2,1H3,(H,7,8,9). The summed E-state index contributed by atoms with van der Waals surface area (Å²) < 4.78 is 0. The molecule has 0 aromatic rings. The van der Waals surface area contributed by atoms with Gasteiger partial charge in [0, 0.05) is 5.92 Å². The third-order valence-electron chi connectivity index (χ3n) is 1.36. The predicted octanol–water partition coefficient (Wildman–Crippen LogP) is 0.102. The SMILES string of the molecule is CO/N=C(\NC=O)C1CC1. The molecular weight excluding hydrogens is 132 g/mol. The molecule has 0 aromatic heterocycles. The molecule has 1 saturated carbocycles. The first-order valence-corrected chi connectivity index (χ1v) is 3.19. The molecule has 0 spiro atoms. The number of nitrogens with one attached hydrogen (secondary N) is 1. The molecule has 1 N–H and O–H groups in total. The van der Waals surface area contributed by atoms with Gasteiger partial charge in [0.15, 0.2) is 5.84 Å². The Morgan fingerprint density at radius 3 is 2.90 bits per heavy atom. The molecule has 0 aliphatic heterocycles. The summed E-state index contributed by atoms with van der Waals surface area (Å²) in [4.78, 5) is 14.5. The van der Waals surface area contributed by atoms with Crippen LogP contribution in [0.15, 0.2) is 5.16 Å². The van der Waals surface area contributed by atoms with E-state index in [0.29, 0.717) is 18.2 Å². The molecule has 0 radical (unpaired) electrons. The van der Waals surface area contributed by atoms with E-state index in [1.54, 1.807) is 0 Å². The zero-order chi connectivity index (χ0) is 7.40. The maximum Gasteiger partial charge on any atom is 0.212 e. The molecule has 56 valence electrons. The van der Waals surface area contributed by atoms with Crippen molar-refractivity contribution in [2.45, 2.75) is 12.8 Å². The van der Waals surface area contributed by atoms with Crippen LogP contribution in [0.25, 0.3) is 0 Å². The largest absolute Gasteiger partial charge is 0.398 e. The van der Waals surface area contributed by atoms with E-state index in [4.69, 9.17) is 0 Å². The summed E-state index contributed by atoms with van der Waals surface area (Å²) in [6, 6.07) is 0. The van der Waals surface area contributed by atoms with Crippen molar-refractivity contribution in [2.24, 2.45) is 11.1 Å². The minimum absolute atomic E-state index is 0.421. The van der Waals surface area contributed by atoms with E-state index < -0.39 is 0 Å². The van der Waals surface area contributed by atoms with Crippen LogP contribution in [0.1, 0.15) is 12.8 Å². The molecule has 1 aliphatic rings. The molecule has 0 unspecified atom stereocenters. The van der Waals surface area contributed by atoms with Gasteiger partial charge < -0.3 is 10.2 Å². The van der Waals surface area contributed by atoms with Crippen molar-refractivity contribution in [1.29, 1.82) is 0 Å². The fourth-order valence-corrected chi connectivity index (χ4v) is 0.734. The van der Waals surface area contributed by atoms with Crippen molar-refractivity contribution in [3.8, 4) is 0 Å². The van der Waals surface area contributed by atoms with Crippen LogP contribution in [0.3, 0.4) is 0 Å². The first-order chi connectivity index (χ1) is 4.88. The van der Waals surface area contributed by atoms with E-state index >= 15 is 0 Å². The highest BCUT2D eigenvalue weighted by atomic mass is 16.6. The van der Waals surface area contributed by atoms with Crippen LogP contribution in [0.5, 0.6) is 0 Å². The number of hydrogen-bond acceptors (Lipinski definition) is 3. The summed E-state index contributed by atoms with van der Waals surface area (Å²) in [5, 5.41) is 6.14. The molecule has 1 amide bonds. The fourth-order valence-electron chi connectivity index (χ4n) is 0.734. The Morgan fingerprint density at radius 1 is 1.80 bits per heavy atom. The van der Waals surface area contributed by atoms with E-state index in [1.165, 1.54) is 7.11 Å². The Balaban J connectivity index is 2.40. The van der Waals surface area contributed by atoms with E-state index in [1.807, 2.05) is 0 Å². The summed E-state index contributed by atoms with van der Waals surface area (Å²) in [5.74, 6) is 1.07. The smallest absolute Gasteiger partial charge is 0.212 e. The number of nitrogens with zero attached hydrogens (tertiary/aromatic N) is 1. The summed E-state index contributed by atoms with van der Waals surface area (Å²) in [5.41, 5.74) is 0. The lowest BCUT2D eigenvalue weighted by Crippen LogP contribution is -2.23. The highest BCUT2D eigenvalue weighted by molar-refractivity contribution is 5.93. The lowest BCUT2D eigenvalue weighted by atomic mass is 10.4. The summed E-state index contributed by atoms with van der Waals surface area (Å²) in [7, 11) is 1.47. The highest BCUT2D eigenvalue weighted by Crippen LogP contribution is 2.29. The van der Waals surface area contributed by atoms with Crippen LogP contribution >= 0.6 is 0 Å². The first-order valence-electron chi connectivity index (χ1n) is 3.19. The monoisotopic (exact) mass is 142 g/mol. The maximum absolute atomic E-state index is 9.97. The number of oxime groups is 1. The highest BCUT2D eigenvalue weighted by Gasteiger charge is 2.28. The molecule has 0 bridgehead atoms. The van der Waals surface area contributed by atoms with Crippen LogP contribution in [0, 0.1) is 5.92 Å². The molecule has 1 rings (SSSR count). The molecule has 10 heavy (non-hydrogen) atoms. The Kier molecular flexibility index (Phi) is 2.25. The second-order valence-electron chi connectivity index (χ2n) is 2.20. The van der Waals surface area contributed by atoms with Crippen molar-refractivity contribution in [2.75, 3.05) is 7.11 Å². The van der Waals surface area contributed by atoms with Gasteiger partial charge in [-0.25, -0.2) is 0 Å². The first kappa shape index (κ1) is 7.05. The topological polar surface area (TPSA) is 50.7 Å². The maximum atomic E-state index is 9.97. The van der Waals surface area contributed by atoms with Gasteiger partial charge in [0.05, 0.1) is 0 Å². The molecule has 1 aliphatic carbocycles. The number of carbonyl (C=O) groups excluding carboxylic acids is 1. The Bertz CT molecular complexity index is 152. The van der Waals surface area contributed by atoms with Crippen LogP contribution in [0.4, 0.5) is 0 Å². The van der Waals surface area contributed by atoms with Gasteiger partial charge in [-0.2, -0.15) is 0 Å². The average Bonchev–Trinajstić information content (AvgIpc) is 2.69. The summed E-state index contributed by atoms with van der Waals surface area (Å²) in [6.45, 7) is 0. The van der Waals surface area contributed by atoms with Crippen LogP contribution in [0.2, 0.25) is 0 Å². The average molecular weight is 142 g/mol. The minimum Gasteiger partial charge on any atom is -0.398 e. The molecule has 0 saturated heterocycles. The molecule has 4 nitrogen and oxygen atoms in total. The van der Waals surface area contributed by atoms with Crippen LogP contribution in [-0.4, -0.2) is 19.4 Å². The number of amidine groups is 1. The normalized spacial score (nSPS) is 18.3. The van der Waals surface area contributed by atoms with Gasteiger partial charge in [0.25, 0.3) is 0 Å². The lowest BCUT2D eigenvalue weighted by molar-refractivity contribution is -0.108. The summed E-state index contributed by atoms with van der Waals surface area (Å²) >= 11 is 0. The molecule has 0 heterocycles. The minimum atomic E-state index is 0.421. The number of hydrogen-bond donors (Lipinski definition) is 1.